The number of rotatable bonds is 8. The summed E-state index contributed by atoms with van der Waals surface area (Å²) in [7, 11) is 4.24. The Labute approximate surface area is 83.0 Å². The lowest BCUT2D eigenvalue weighted by atomic mass is 10.2. The van der Waals surface area contributed by atoms with Gasteiger partial charge in [-0.1, -0.05) is 13.3 Å². The van der Waals surface area contributed by atoms with Crippen LogP contribution in [0.4, 0.5) is 0 Å². The van der Waals surface area contributed by atoms with E-state index in [-0.39, 0.29) is 0 Å². The predicted octanol–water partition coefficient (Wildman–Crippen LogP) is 2.59. The lowest BCUT2D eigenvalue weighted by Gasteiger charge is -2.07. The van der Waals surface area contributed by atoms with Crippen LogP contribution in [0.25, 0.3) is 0 Å². The molecule has 0 aliphatic carbocycles. The number of hydrogen-bond acceptors (Lipinski definition) is 2. The van der Waals surface area contributed by atoms with Crippen LogP contribution in [0.2, 0.25) is 0 Å². The second-order valence-electron chi connectivity index (χ2n) is 3.74. The molecule has 2 nitrogen and oxygen atoms in total. The summed E-state index contributed by atoms with van der Waals surface area (Å²) >= 11 is 0. The zero-order valence-corrected chi connectivity index (χ0v) is 9.42. The largest absolute Gasteiger partial charge is 0.309 e. The van der Waals surface area contributed by atoms with Gasteiger partial charge in [0.2, 0.25) is 0 Å². The summed E-state index contributed by atoms with van der Waals surface area (Å²) < 4.78 is 0. The first kappa shape index (κ1) is 12.6. The summed E-state index contributed by atoms with van der Waals surface area (Å²) in [6.45, 7) is 4.42. The van der Waals surface area contributed by atoms with Crippen LogP contribution in [0.1, 0.15) is 39.0 Å². The van der Waals surface area contributed by atoms with E-state index in [2.05, 4.69) is 37.1 Å². The third kappa shape index (κ3) is 11.6. The highest BCUT2D eigenvalue weighted by Crippen LogP contribution is 1.94. The molecular weight excluding hydrogens is 160 g/mol. The number of aliphatic imine (C=N–C) groups is 1. The smallest absolute Gasteiger partial charge is 0.0385 e. The van der Waals surface area contributed by atoms with Crippen molar-refractivity contribution in [3.05, 3.63) is 0 Å². The monoisotopic (exact) mass is 184 g/mol. The minimum Gasteiger partial charge on any atom is -0.309 e. The maximum Gasteiger partial charge on any atom is 0.0385 e. The van der Waals surface area contributed by atoms with Gasteiger partial charge in [0.1, 0.15) is 0 Å². The highest BCUT2D eigenvalue weighted by atomic mass is 15.0. The van der Waals surface area contributed by atoms with Gasteiger partial charge < -0.3 is 4.90 Å². The standard InChI is InChI=1S/C11H24N2/c1-4-5-9-12-10-7-6-8-11-13(2)3/h10H,4-9,11H2,1-3H3/b12-10+. The third-order valence-electron chi connectivity index (χ3n) is 1.96. The molecular formula is C11H24N2. The highest BCUT2D eigenvalue weighted by Gasteiger charge is 1.88. The van der Waals surface area contributed by atoms with Crippen LogP contribution in [-0.4, -0.2) is 38.3 Å². The van der Waals surface area contributed by atoms with E-state index in [1.54, 1.807) is 0 Å². The van der Waals surface area contributed by atoms with Crippen LogP contribution < -0.4 is 0 Å². The molecule has 0 bridgehead atoms. The zero-order valence-electron chi connectivity index (χ0n) is 9.42. The summed E-state index contributed by atoms with van der Waals surface area (Å²) in [5.74, 6) is 0. The number of nitrogens with zero attached hydrogens (tertiary/aromatic N) is 2. The van der Waals surface area contributed by atoms with E-state index in [9.17, 15) is 0 Å². The molecule has 0 aliphatic rings. The van der Waals surface area contributed by atoms with E-state index >= 15 is 0 Å². The summed E-state index contributed by atoms with van der Waals surface area (Å²) in [4.78, 5) is 6.57. The lowest BCUT2D eigenvalue weighted by molar-refractivity contribution is 0.396. The van der Waals surface area contributed by atoms with Gasteiger partial charge in [0.15, 0.2) is 0 Å². The van der Waals surface area contributed by atoms with Crippen molar-refractivity contribution in [1.29, 1.82) is 0 Å². The summed E-state index contributed by atoms with van der Waals surface area (Å²) in [5.41, 5.74) is 0. The van der Waals surface area contributed by atoms with Gasteiger partial charge in [0, 0.05) is 6.54 Å². The fourth-order valence-corrected chi connectivity index (χ4v) is 1.10. The van der Waals surface area contributed by atoms with Gasteiger partial charge in [-0.25, -0.2) is 0 Å². The Morgan fingerprint density at radius 3 is 2.54 bits per heavy atom. The molecule has 78 valence electrons. The fraction of sp³-hybridized carbons (Fsp3) is 0.909. The SMILES string of the molecule is CCCC/N=C/CCCCN(C)C. The van der Waals surface area contributed by atoms with Gasteiger partial charge in [-0.05, 0) is 52.5 Å². The van der Waals surface area contributed by atoms with Gasteiger partial charge in [-0.3, -0.25) is 4.99 Å². The molecule has 0 saturated carbocycles. The maximum atomic E-state index is 4.34. The van der Waals surface area contributed by atoms with E-state index in [0.717, 1.165) is 13.0 Å². The van der Waals surface area contributed by atoms with Crippen LogP contribution >= 0.6 is 0 Å². The van der Waals surface area contributed by atoms with Crippen LogP contribution in [0.3, 0.4) is 0 Å². The normalized spacial score (nSPS) is 11.7. The molecule has 2 heteroatoms. The van der Waals surface area contributed by atoms with Crippen molar-refractivity contribution in [3.8, 4) is 0 Å². The molecule has 0 radical (unpaired) electrons. The molecule has 0 amide bonds. The van der Waals surface area contributed by atoms with Crippen molar-refractivity contribution in [3.63, 3.8) is 0 Å². The number of unbranched alkanes of at least 4 members (excludes halogenated alkanes) is 3. The average molecular weight is 184 g/mol. The van der Waals surface area contributed by atoms with E-state index in [1.807, 2.05) is 0 Å². The molecule has 0 saturated heterocycles. The third-order valence-corrected chi connectivity index (χ3v) is 1.96. The van der Waals surface area contributed by atoms with Crippen LogP contribution in [0.5, 0.6) is 0 Å². The van der Waals surface area contributed by atoms with Gasteiger partial charge in [-0.2, -0.15) is 0 Å². The van der Waals surface area contributed by atoms with Crippen LogP contribution in [0, 0.1) is 0 Å². The van der Waals surface area contributed by atoms with Gasteiger partial charge in [-0.15, -0.1) is 0 Å². The molecule has 0 aromatic heterocycles. The second-order valence-corrected chi connectivity index (χ2v) is 3.74. The molecule has 0 heterocycles. The van der Waals surface area contributed by atoms with Gasteiger partial charge in [0.25, 0.3) is 0 Å². The minimum atomic E-state index is 1.02. The average Bonchev–Trinajstić information content (AvgIpc) is 2.09. The molecule has 0 aliphatic heterocycles. The number of hydrogen-bond donors (Lipinski definition) is 0. The van der Waals surface area contributed by atoms with Crippen LogP contribution in [-0.2, 0) is 0 Å². The topological polar surface area (TPSA) is 15.6 Å². The van der Waals surface area contributed by atoms with E-state index in [0.29, 0.717) is 0 Å². The summed E-state index contributed by atoms with van der Waals surface area (Å²) in [6.07, 6.45) is 8.27. The van der Waals surface area contributed by atoms with Crippen molar-refractivity contribution in [1.82, 2.24) is 4.90 Å². The van der Waals surface area contributed by atoms with Crippen molar-refractivity contribution in [2.45, 2.75) is 39.0 Å². The van der Waals surface area contributed by atoms with Crippen molar-refractivity contribution >= 4 is 6.21 Å². The van der Waals surface area contributed by atoms with Gasteiger partial charge in [0.05, 0.1) is 0 Å². The molecule has 0 aromatic rings. The van der Waals surface area contributed by atoms with Crippen molar-refractivity contribution in [2.24, 2.45) is 4.99 Å². The van der Waals surface area contributed by atoms with Gasteiger partial charge >= 0.3 is 0 Å². The Bertz CT molecular complexity index is 119. The summed E-state index contributed by atoms with van der Waals surface area (Å²) in [6, 6.07) is 0. The van der Waals surface area contributed by atoms with Crippen molar-refractivity contribution < 1.29 is 0 Å². The molecule has 0 N–H and O–H groups in total. The van der Waals surface area contributed by atoms with E-state index in [1.165, 1.54) is 32.2 Å². The first-order chi connectivity index (χ1) is 6.27. The Hall–Kier alpha value is -0.370. The molecule has 0 unspecified atom stereocenters. The second kappa shape index (κ2) is 9.72. The molecule has 0 aromatic carbocycles. The molecule has 13 heavy (non-hydrogen) atoms. The maximum absolute atomic E-state index is 4.34. The molecule has 0 fully saturated rings. The van der Waals surface area contributed by atoms with Crippen molar-refractivity contribution in [2.75, 3.05) is 27.2 Å². The van der Waals surface area contributed by atoms with E-state index < -0.39 is 0 Å². The summed E-state index contributed by atoms with van der Waals surface area (Å²) in [5, 5.41) is 0. The van der Waals surface area contributed by atoms with E-state index in [4.69, 9.17) is 0 Å². The Balaban J connectivity index is 3.02. The zero-order chi connectivity index (χ0) is 9.94. The first-order valence-electron chi connectivity index (χ1n) is 5.40. The Morgan fingerprint density at radius 1 is 1.15 bits per heavy atom. The minimum absolute atomic E-state index is 1.02. The lowest BCUT2D eigenvalue weighted by Crippen LogP contribution is -2.12. The molecule has 0 atom stereocenters. The Kier molecular flexibility index (Phi) is 9.44. The Morgan fingerprint density at radius 2 is 1.92 bits per heavy atom. The fourth-order valence-electron chi connectivity index (χ4n) is 1.10. The first-order valence-corrected chi connectivity index (χ1v) is 5.40. The molecule has 0 rings (SSSR count). The highest BCUT2D eigenvalue weighted by molar-refractivity contribution is 5.56. The predicted molar refractivity (Wildman–Crippen MR) is 60.7 cm³/mol. The molecule has 0 spiro atoms. The quantitative estimate of drug-likeness (QED) is 0.418. The van der Waals surface area contributed by atoms with Crippen LogP contribution in [0.15, 0.2) is 4.99 Å².